The van der Waals surface area contributed by atoms with E-state index in [0.717, 1.165) is 36.9 Å². The van der Waals surface area contributed by atoms with Gasteiger partial charge in [-0.25, -0.2) is 13.4 Å². The molecule has 1 unspecified atom stereocenters. The molecule has 1 aliphatic carbocycles. The largest absolute Gasteiger partial charge is 0.362 e. The molecule has 1 atom stereocenters. The first kappa shape index (κ1) is 13.1. The van der Waals surface area contributed by atoms with Crippen molar-refractivity contribution in [1.82, 2.24) is 4.98 Å². The predicted molar refractivity (Wildman–Crippen MR) is 75.9 cm³/mol. The minimum atomic E-state index is -3.11. The third-order valence-corrected chi connectivity index (χ3v) is 5.07. The summed E-state index contributed by atoms with van der Waals surface area (Å²) in [7, 11) is -3.11. The number of anilines is 1. The van der Waals surface area contributed by atoms with Crippen molar-refractivity contribution in [2.24, 2.45) is 0 Å². The summed E-state index contributed by atoms with van der Waals surface area (Å²) in [6.45, 7) is 0. The monoisotopic (exact) mass is 289 g/mol. The summed E-state index contributed by atoms with van der Waals surface area (Å²) in [4.78, 5) is 4.53. The molecule has 1 N–H and O–H groups in total. The van der Waals surface area contributed by atoms with E-state index >= 15 is 0 Å². The molecule has 0 saturated heterocycles. The topological polar surface area (TPSA) is 82.8 Å². The fourth-order valence-electron chi connectivity index (χ4n) is 2.67. The second kappa shape index (κ2) is 4.91. The maximum Gasteiger partial charge on any atom is 0.173 e. The molecule has 0 aromatic carbocycles. The number of pyridine rings is 1. The highest BCUT2D eigenvalue weighted by molar-refractivity contribution is 7.94. The van der Waals surface area contributed by atoms with Gasteiger partial charge in [0.15, 0.2) is 9.84 Å². The maximum atomic E-state index is 11.4. The van der Waals surface area contributed by atoms with Crippen LogP contribution in [0.15, 0.2) is 17.6 Å². The Morgan fingerprint density at radius 1 is 1.35 bits per heavy atom. The van der Waals surface area contributed by atoms with Crippen LogP contribution in [0.5, 0.6) is 0 Å². The standard InChI is InChI=1S/C14H15N3O2S/c15-8-11-7-10-3-1-2-4-13(10)17-14(11)16-12-5-6-20(18,19)9-12/h5-7,12H,1-4,9H2,(H,16,17). The molecule has 1 aliphatic heterocycles. The van der Waals surface area contributed by atoms with Crippen molar-refractivity contribution in [3.05, 3.63) is 34.4 Å². The number of sulfone groups is 1. The van der Waals surface area contributed by atoms with Crippen molar-refractivity contribution in [2.75, 3.05) is 11.1 Å². The summed E-state index contributed by atoms with van der Waals surface area (Å²) in [6.07, 6.45) is 5.75. The Bertz CT molecular complexity index is 717. The zero-order valence-electron chi connectivity index (χ0n) is 11.0. The number of nitrogens with one attached hydrogen (secondary N) is 1. The van der Waals surface area contributed by atoms with Crippen LogP contribution in [-0.2, 0) is 22.7 Å². The lowest BCUT2D eigenvalue weighted by Gasteiger charge is -2.18. The van der Waals surface area contributed by atoms with Crippen LogP contribution < -0.4 is 5.32 Å². The van der Waals surface area contributed by atoms with Crippen LogP contribution in [0.1, 0.15) is 29.7 Å². The highest BCUT2D eigenvalue weighted by atomic mass is 32.2. The van der Waals surface area contributed by atoms with E-state index in [0.29, 0.717) is 11.4 Å². The second-order valence-corrected chi connectivity index (χ2v) is 7.15. The Morgan fingerprint density at radius 3 is 2.85 bits per heavy atom. The van der Waals surface area contributed by atoms with Gasteiger partial charge in [0, 0.05) is 11.1 Å². The third kappa shape index (κ3) is 2.54. The van der Waals surface area contributed by atoms with Gasteiger partial charge in [-0.05, 0) is 43.4 Å². The van der Waals surface area contributed by atoms with Gasteiger partial charge in [-0.2, -0.15) is 5.26 Å². The first-order chi connectivity index (χ1) is 9.57. The number of aryl methyl sites for hydroxylation is 2. The van der Waals surface area contributed by atoms with Crippen molar-refractivity contribution in [3.63, 3.8) is 0 Å². The van der Waals surface area contributed by atoms with E-state index < -0.39 is 9.84 Å². The molecule has 104 valence electrons. The Hall–Kier alpha value is -1.87. The molecule has 5 nitrogen and oxygen atoms in total. The smallest absolute Gasteiger partial charge is 0.173 e. The lowest BCUT2D eigenvalue weighted by molar-refractivity contribution is 0.605. The molecule has 20 heavy (non-hydrogen) atoms. The highest BCUT2D eigenvalue weighted by Gasteiger charge is 2.23. The SMILES string of the molecule is N#Cc1cc2c(nc1NC1C=CS(=O)(=O)C1)CCCC2. The molecule has 1 aromatic heterocycles. The minimum absolute atomic E-state index is 0.0244. The zero-order valence-corrected chi connectivity index (χ0v) is 11.8. The van der Waals surface area contributed by atoms with E-state index in [9.17, 15) is 13.7 Å². The fraction of sp³-hybridized carbons (Fsp3) is 0.429. The van der Waals surface area contributed by atoms with E-state index in [1.54, 1.807) is 6.08 Å². The lowest BCUT2D eigenvalue weighted by Crippen LogP contribution is -2.23. The van der Waals surface area contributed by atoms with Crippen molar-refractivity contribution in [2.45, 2.75) is 31.7 Å². The summed E-state index contributed by atoms with van der Waals surface area (Å²) in [5, 5.41) is 13.5. The highest BCUT2D eigenvalue weighted by Crippen LogP contribution is 2.25. The first-order valence-corrected chi connectivity index (χ1v) is 8.39. The van der Waals surface area contributed by atoms with Crippen LogP contribution in [-0.4, -0.2) is 25.2 Å². The Balaban J connectivity index is 1.90. The van der Waals surface area contributed by atoms with Crippen LogP contribution in [0.25, 0.3) is 0 Å². The Labute approximate surface area is 118 Å². The zero-order chi connectivity index (χ0) is 14.2. The van der Waals surface area contributed by atoms with E-state index in [2.05, 4.69) is 16.4 Å². The molecule has 0 spiro atoms. The Morgan fingerprint density at radius 2 is 2.15 bits per heavy atom. The fourth-order valence-corrected chi connectivity index (χ4v) is 3.91. The Kier molecular flexibility index (Phi) is 3.22. The molecule has 0 fully saturated rings. The lowest BCUT2D eigenvalue weighted by atomic mass is 9.95. The number of hydrogen-bond acceptors (Lipinski definition) is 5. The van der Waals surface area contributed by atoms with Crippen LogP contribution in [0.2, 0.25) is 0 Å². The number of fused-ring (bicyclic) bond motifs is 1. The van der Waals surface area contributed by atoms with Crippen LogP contribution in [0, 0.1) is 11.3 Å². The maximum absolute atomic E-state index is 11.4. The average molecular weight is 289 g/mol. The first-order valence-electron chi connectivity index (χ1n) is 6.68. The second-order valence-electron chi connectivity index (χ2n) is 5.22. The van der Waals surface area contributed by atoms with Gasteiger partial charge in [-0.15, -0.1) is 0 Å². The van der Waals surface area contributed by atoms with Crippen molar-refractivity contribution in [1.29, 1.82) is 5.26 Å². The molecular weight excluding hydrogens is 274 g/mol. The van der Waals surface area contributed by atoms with Crippen molar-refractivity contribution < 1.29 is 8.42 Å². The van der Waals surface area contributed by atoms with Crippen LogP contribution in [0.4, 0.5) is 5.82 Å². The number of nitriles is 1. The number of aromatic nitrogens is 1. The van der Waals surface area contributed by atoms with Crippen LogP contribution >= 0.6 is 0 Å². The number of hydrogen-bond donors (Lipinski definition) is 1. The quantitative estimate of drug-likeness (QED) is 0.893. The summed E-state index contributed by atoms with van der Waals surface area (Å²) in [6, 6.07) is 3.72. The molecule has 0 bridgehead atoms. The van der Waals surface area contributed by atoms with E-state index in [1.807, 2.05) is 6.07 Å². The summed E-state index contributed by atoms with van der Waals surface area (Å²) in [5.74, 6) is 0.524. The summed E-state index contributed by atoms with van der Waals surface area (Å²) < 4.78 is 22.8. The van der Waals surface area contributed by atoms with Gasteiger partial charge in [0.1, 0.15) is 11.9 Å². The van der Waals surface area contributed by atoms with Gasteiger partial charge in [0.2, 0.25) is 0 Å². The van der Waals surface area contributed by atoms with Gasteiger partial charge >= 0.3 is 0 Å². The predicted octanol–water partition coefficient (Wildman–Crippen LogP) is 1.55. The van der Waals surface area contributed by atoms with E-state index in [-0.39, 0.29) is 11.8 Å². The number of rotatable bonds is 2. The van der Waals surface area contributed by atoms with Crippen LogP contribution in [0.3, 0.4) is 0 Å². The van der Waals surface area contributed by atoms with E-state index in [1.165, 1.54) is 5.41 Å². The van der Waals surface area contributed by atoms with Gasteiger partial charge in [0.25, 0.3) is 0 Å². The summed E-state index contributed by atoms with van der Waals surface area (Å²) in [5.41, 5.74) is 2.67. The molecule has 0 amide bonds. The molecular formula is C14H15N3O2S. The molecule has 2 aliphatic rings. The normalized spacial score (nSPS) is 23.1. The molecule has 3 rings (SSSR count). The van der Waals surface area contributed by atoms with Gasteiger partial charge in [0.05, 0.1) is 17.4 Å². The van der Waals surface area contributed by atoms with Crippen molar-refractivity contribution in [3.8, 4) is 6.07 Å². The van der Waals surface area contributed by atoms with E-state index in [4.69, 9.17) is 0 Å². The molecule has 0 radical (unpaired) electrons. The third-order valence-electron chi connectivity index (χ3n) is 3.67. The van der Waals surface area contributed by atoms with Gasteiger partial charge < -0.3 is 5.32 Å². The minimum Gasteiger partial charge on any atom is -0.362 e. The average Bonchev–Trinajstić information content (AvgIpc) is 2.77. The molecule has 2 heterocycles. The molecule has 6 heteroatoms. The number of nitrogens with zero attached hydrogens (tertiary/aromatic N) is 2. The molecule has 1 aromatic rings. The van der Waals surface area contributed by atoms with Crippen molar-refractivity contribution >= 4 is 15.7 Å². The molecule has 0 saturated carbocycles. The van der Waals surface area contributed by atoms with Gasteiger partial charge in [-0.1, -0.05) is 0 Å². The van der Waals surface area contributed by atoms with Gasteiger partial charge in [-0.3, -0.25) is 0 Å². The summed E-state index contributed by atoms with van der Waals surface area (Å²) >= 11 is 0.